The van der Waals surface area contributed by atoms with Crippen molar-refractivity contribution in [1.29, 1.82) is 0 Å². The zero-order valence-electron chi connectivity index (χ0n) is 12.4. The van der Waals surface area contributed by atoms with Gasteiger partial charge in [0.25, 0.3) is 0 Å². The molecule has 2 heteroatoms. The first-order valence-electron chi connectivity index (χ1n) is 6.92. The van der Waals surface area contributed by atoms with Gasteiger partial charge in [-0.3, -0.25) is 0 Å². The van der Waals surface area contributed by atoms with Gasteiger partial charge in [-0.25, -0.2) is 0 Å². The van der Waals surface area contributed by atoms with Crippen molar-refractivity contribution >= 4 is 0 Å². The summed E-state index contributed by atoms with van der Waals surface area (Å²) in [5.41, 5.74) is 2.73. The lowest BCUT2D eigenvalue weighted by molar-refractivity contribution is 0.0348. The lowest BCUT2D eigenvalue weighted by atomic mass is 9.92. The summed E-state index contributed by atoms with van der Waals surface area (Å²) in [5.74, 6) is 0.488. The first kappa shape index (κ1) is 15.2. The number of ether oxygens (including phenoxy) is 1. The molecule has 0 saturated carbocycles. The van der Waals surface area contributed by atoms with Crippen LogP contribution in [0.2, 0.25) is 0 Å². The van der Waals surface area contributed by atoms with Crippen molar-refractivity contribution in [1.82, 2.24) is 5.32 Å². The maximum atomic E-state index is 5.66. The Kier molecular flexibility index (Phi) is 6.37. The molecule has 18 heavy (non-hydrogen) atoms. The molecular formula is C16H27NO. The van der Waals surface area contributed by atoms with Crippen LogP contribution in [-0.4, -0.2) is 20.3 Å². The van der Waals surface area contributed by atoms with Crippen molar-refractivity contribution in [3.8, 4) is 0 Å². The number of likely N-dealkylation sites (N-methyl/N-ethyl adjacent to an activating group) is 1. The van der Waals surface area contributed by atoms with Crippen LogP contribution in [0.4, 0.5) is 0 Å². The fourth-order valence-electron chi connectivity index (χ4n) is 2.54. The second kappa shape index (κ2) is 7.55. The highest BCUT2D eigenvalue weighted by Crippen LogP contribution is 2.25. The molecule has 0 radical (unpaired) electrons. The van der Waals surface area contributed by atoms with Crippen molar-refractivity contribution < 1.29 is 4.74 Å². The molecule has 0 fully saturated rings. The van der Waals surface area contributed by atoms with E-state index in [2.05, 4.69) is 50.4 Å². The minimum atomic E-state index is 0.201. The molecule has 1 aromatic rings. The molecule has 0 amide bonds. The van der Waals surface area contributed by atoms with Gasteiger partial charge in [0, 0.05) is 7.11 Å². The smallest absolute Gasteiger partial charge is 0.0788 e. The van der Waals surface area contributed by atoms with Gasteiger partial charge in [-0.1, -0.05) is 51.5 Å². The summed E-state index contributed by atoms with van der Waals surface area (Å²) in [6.45, 7) is 6.62. The number of aryl methyl sites for hydroxylation is 1. The second-order valence-electron chi connectivity index (χ2n) is 5.21. The molecule has 0 aromatic heterocycles. The van der Waals surface area contributed by atoms with Gasteiger partial charge in [0.15, 0.2) is 0 Å². The quantitative estimate of drug-likeness (QED) is 0.797. The molecule has 2 unspecified atom stereocenters. The van der Waals surface area contributed by atoms with Gasteiger partial charge < -0.3 is 10.1 Å². The molecule has 2 atom stereocenters. The molecule has 1 N–H and O–H groups in total. The first-order valence-corrected chi connectivity index (χ1v) is 6.92. The average molecular weight is 249 g/mol. The molecular weight excluding hydrogens is 222 g/mol. The summed E-state index contributed by atoms with van der Waals surface area (Å²) in [6, 6.07) is 9.11. The third kappa shape index (κ3) is 3.82. The maximum absolute atomic E-state index is 5.66. The molecule has 0 heterocycles. The number of nitrogens with one attached hydrogen (secondary N) is 1. The van der Waals surface area contributed by atoms with E-state index in [9.17, 15) is 0 Å². The molecule has 0 aliphatic carbocycles. The van der Waals surface area contributed by atoms with E-state index in [4.69, 9.17) is 4.74 Å². The van der Waals surface area contributed by atoms with Crippen molar-refractivity contribution in [2.24, 2.45) is 5.92 Å². The Hall–Kier alpha value is -0.860. The summed E-state index contributed by atoms with van der Waals surface area (Å²) in [5, 5.41) is 3.40. The highest BCUT2D eigenvalue weighted by molar-refractivity contribution is 5.27. The van der Waals surface area contributed by atoms with Gasteiger partial charge in [-0.2, -0.15) is 0 Å². The molecule has 0 saturated heterocycles. The minimum absolute atomic E-state index is 0.201. The number of rotatable bonds is 7. The van der Waals surface area contributed by atoms with E-state index in [-0.39, 0.29) is 12.1 Å². The predicted octanol–water partition coefficient (Wildman–Crippen LogP) is 3.57. The third-order valence-electron chi connectivity index (χ3n) is 3.42. The Morgan fingerprint density at radius 3 is 2.50 bits per heavy atom. The maximum Gasteiger partial charge on any atom is 0.0788 e. The van der Waals surface area contributed by atoms with Crippen molar-refractivity contribution in [3.05, 3.63) is 35.4 Å². The zero-order valence-corrected chi connectivity index (χ0v) is 12.4. The number of hydrogen-bond donors (Lipinski definition) is 1. The fraction of sp³-hybridized carbons (Fsp3) is 0.625. The van der Waals surface area contributed by atoms with E-state index in [1.54, 1.807) is 7.11 Å². The van der Waals surface area contributed by atoms with E-state index in [1.807, 2.05) is 7.05 Å². The van der Waals surface area contributed by atoms with Gasteiger partial charge >= 0.3 is 0 Å². The Labute approximate surface area is 112 Å². The van der Waals surface area contributed by atoms with E-state index >= 15 is 0 Å². The summed E-state index contributed by atoms with van der Waals surface area (Å²) in [6.07, 6.45) is 2.53. The highest BCUT2D eigenvalue weighted by Gasteiger charge is 2.24. The van der Waals surface area contributed by atoms with Crippen molar-refractivity contribution in [2.75, 3.05) is 14.2 Å². The summed E-state index contributed by atoms with van der Waals surface area (Å²) in [4.78, 5) is 0. The van der Waals surface area contributed by atoms with Crippen LogP contribution in [-0.2, 0) is 11.2 Å². The SMILES string of the molecule is CCCc1cccc(C(NC)C(OC)C(C)C)c1. The summed E-state index contributed by atoms with van der Waals surface area (Å²) < 4.78 is 5.66. The average Bonchev–Trinajstić information content (AvgIpc) is 2.36. The predicted molar refractivity (Wildman–Crippen MR) is 77.9 cm³/mol. The summed E-state index contributed by atoms with van der Waals surface area (Å²) in [7, 11) is 3.80. The van der Waals surface area contributed by atoms with Gasteiger partial charge in [-0.15, -0.1) is 0 Å². The van der Waals surface area contributed by atoms with Crippen molar-refractivity contribution in [2.45, 2.75) is 45.8 Å². The van der Waals surface area contributed by atoms with Crippen LogP contribution < -0.4 is 5.32 Å². The first-order chi connectivity index (χ1) is 8.63. The molecule has 102 valence electrons. The van der Waals surface area contributed by atoms with Crippen LogP contribution in [0.5, 0.6) is 0 Å². The monoisotopic (exact) mass is 249 g/mol. The van der Waals surface area contributed by atoms with E-state index in [0.29, 0.717) is 5.92 Å². The Bertz CT molecular complexity index is 349. The normalized spacial score (nSPS) is 14.8. The van der Waals surface area contributed by atoms with Crippen LogP contribution >= 0.6 is 0 Å². The van der Waals surface area contributed by atoms with Crippen LogP contribution in [0.25, 0.3) is 0 Å². The Morgan fingerprint density at radius 2 is 2.00 bits per heavy atom. The Balaban J connectivity index is 2.96. The topological polar surface area (TPSA) is 21.3 Å². The lowest BCUT2D eigenvalue weighted by Gasteiger charge is -2.29. The fourth-order valence-corrected chi connectivity index (χ4v) is 2.54. The van der Waals surface area contributed by atoms with Crippen LogP contribution in [0.3, 0.4) is 0 Å². The van der Waals surface area contributed by atoms with Gasteiger partial charge in [0.05, 0.1) is 12.1 Å². The van der Waals surface area contributed by atoms with Gasteiger partial charge in [0.2, 0.25) is 0 Å². The standard InChI is InChI=1S/C16H27NO/c1-6-8-13-9-7-10-14(11-13)15(17-4)16(18-5)12(2)3/h7,9-12,15-17H,6,8H2,1-5H3. The van der Waals surface area contributed by atoms with Crippen molar-refractivity contribution in [3.63, 3.8) is 0 Å². The largest absolute Gasteiger partial charge is 0.379 e. The number of methoxy groups -OCH3 is 1. The zero-order chi connectivity index (χ0) is 13.5. The molecule has 0 spiro atoms. The molecule has 0 bridgehead atoms. The molecule has 1 rings (SSSR count). The van der Waals surface area contributed by atoms with E-state index in [1.165, 1.54) is 17.5 Å². The van der Waals surface area contributed by atoms with E-state index < -0.39 is 0 Å². The Morgan fingerprint density at radius 1 is 1.28 bits per heavy atom. The number of hydrogen-bond acceptors (Lipinski definition) is 2. The lowest BCUT2D eigenvalue weighted by Crippen LogP contribution is -2.34. The van der Waals surface area contributed by atoms with Crippen LogP contribution in [0.1, 0.15) is 44.4 Å². The van der Waals surface area contributed by atoms with E-state index in [0.717, 1.165) is 6.42 Å². The molecule has 0 aliphatic rings. The van der Waals surface area contributed by atoms with Crippen LogP contribution in [0.15, 0.2) is 24.3 Å². The van der Waals surface area contributed by atoms with Gasteiger partial charge in [-0.05, 0) is 30.5 Å². The second-order valence-corrected chi connectivity index (χ2v) is 5.21. The summed E-state index contributed by atoms with van der Waals surface area (Å²) >= 11 is 0. The molecule has 1 aromatic carbocycles. The number of benzene rings is 1. The third-order valence-corrected chi connectivity index (χ3v) is 3.42. The minimum Gasteiger partial charge on any atom is -0.379 e. The molecule has 2 nitrogen and oxygen atoms in total. The highest BCUT2D eigenvalue weighted by atomic mass is 16.5. The molecule has 0 aliphatic heterocycles. The van der Waals surface area contributed by atoms with Gasteiger partial charge in [0.1, 0.15) is 0 Å². The van der Waals surface area contributed by atoms with Crippen LogP contribution in [0, 0.1) is 5.92 Å².